The van der Waals surface area contributed by atoms with Crippen LogP contribution in [-0.2, 0) is 30.3 Å². The van der Waals surface area contributed by atoms with Gasteiger partial charge in [0, 0.05) is 19.9 Å². The molecule has 0 aromatic heterocycles. The number of nitrogens with two attached hydrogens (primary N) is 3. The Morgan fingerprint density at radius 1 is 1.05 bits per heavy atom. The van der Waals surface area contributed by atoms with E-state index in [-0.39, 0.29) is 17.9 Å². The highest BCUT2D eigenvalue weighted by atomic mass is 16.5. The number of primary amides is 1. The third-order valence-corrected chi connectivity index (χ3v) is 5.48. The average Bonchev–Trinajstić information content (AvgIpc) is 3.37. The predicted octanol–water partition coefficient (Wildman–Crippen LogP) is 0.0430. The number of amides is 3. The highest BCUT2D eigenvalue weighted by Gasteiger charge is 2.36. The summed E-state index contributed by atoms with van der Waals surface area (Å²) in [6.07, 6.45) is 1.32. The van der Waals surface area contributed by atoms with Crippen LogP contribution in [-0.4, -0.2) is 70.9 Å². The third-order valence-electron chi connectivity index (χ3n) is 5.48. The van der Waals surface area contributed by atoms with E-state index in [1.807, 2.05) is 30.3 Å². The van der Waals surface area contributed by atoms with Crippen molar-refractivity contribution in [1.82, 2.24) is 10.2 Å². The van der Waals surface area contributed by atoms with Crippen LogP contribution in [0.1, 0.15) is 35.7 Å². The summed E-state index contributed by atoms with van der Waals surface area (Å²) in [7, 11) is 0. The van der Waals surface area contributed by atoms with Crippen molar-refractivity contribution in [3.05, 3.63) is 65.7 Å². The molecule has 208 valence electrons. The molecule has 13 heteroatoms. The molecule has 8 N–H and O–H groups in total. The lowest BCUT2D eigenvalue weighted by molar-refractivity contribution is -0.141. The molecule has 3 rings (SSSR count). The minimum Gasteiger partial charge on any atom is -0.481 e. The first-order chi connectivity index (χ1) is 18.5. The minimum atomic E-state index is -0.956. The van der Waals surface area contributed by atoms with Gasteiger partial charge >= 0.3 is 5.97 Å². The zero-order chi connectivity index (χ0) is 28.9. The van der Waals surface area contributed by atoms with Crippen LogP contribution in [0.3, 0.4) is 0 Å². The number of carbonyl (C=O) groups excluding carboxylic acids is 4. The van der Waals surface area contributed by atoms with Crippen molar-refractivity contribution < 1.29 is 33.8 Å². The van der Waals surface area contributed by atoms with Gasteiger partial charge in [0.2, 0.25) is 11.8 Å². The number of nitrogens with one attached hydrogen (secondary N) is 1. The number of ether oxygens (including phenoxy) is 1. The Morgan fingerprint density at radius 2 is 1.67 bits per heavy atom. The van der Waals surface area contributed by atoms with E-state index in [1.54, 1.807) is 0 Å². The molecule has 0 aliphatic carbocycles. The van der Waals surface area contributed by atoms with E-state index >= 15 is 0 Å². The molecule has 0 spiro atoms. The number of carboxylic acid groups (broad SMARTS) is 1. The summed E-state index contributed by atoms with van der Waals surface area (Å²) in [6, 6.07) is 13.4. The first-order valence-electron chi connectivity index (χ1n) is 12.0. The number of likely N-dealkylation sites (tertiary alicyclic amines) is 1. The van der Waals surface area contributed by atoms with E-state index in [1.165, 1.54) is 29.2 Å². The Bertz CT molecular complexity index is 1190. The van der Waals surface area contributed by atoms with Gasteiger partial charge in [-0.2, -0.15) is 0 Å². The predicted molar refractivity (Wildman–Crippen MR) is 142 cm³/mol. The molecule has 13 nitrogen and oxygen atoms in total. The summed E-state index contributed by atoms with van der Waals surface area (Å²) < 4.78 is 5.09. The minimum absolute atomic E-state index is 0.118. The fraction of sp³-hybridized carbons (Fsp3) is 0.308. The molecule has 1 saturated heterocycles. The molecule has 2 atom stereocenters. The Morgan fingerprint density at radius 3 is 2.23 bits per heavy atom. The number of esters is 1. The molecule has 0 radical (unpaired) electrons. The van der Waals surface area contributed by atoms with Crippen LogP contribution in [0.25, 0.3) is 0 Å². The van der Waals surface area contributed by atoms with Crippen molar-refractivity contribution in [2.24, 2.45) is 22.2 Å². The fourth-order valence-electron chi connectivity index (χ4n) is 3.85. The van der Waals surface area contributed by atoms with Gasteiger partial charge in [-0.15, -0.1) is 0 Å². The molecule has 39 heavy (non-hydrogen) atoms. The first kappa shape index (κ1) is 30.3. The van der Waals surface area contributed by atoms with Gasteiger partial charge in [0.05, 0.1) is 11.3 Å². The van der Waals surface area contributed by atoms with Crippen molar-refractivity contribution in [3.8, 4) is 0 Å². The number of guanidine groups is 1. The van der Waals surface area contributed by atoms with Crippen LogP contribution < -0.4 is 22.5 Å². The Kier molecular flexibility index (Phi) is 11.4. The molecule has 1 aliphatic heterocycles. The average molecular weight is 541 g/mol. The highest BCUT2D eigenvalue weighted by molar-refractivity contribution is 5.94. The number of aliphatic imine (C=N–C) groups is 1. The highest BCUT2D eigenvalue weighted by Crippen LogP contribution is 2.19. The first-order valence-corrected chi connectivity index (χ1v) is 12.0. The number of carboxylic acids is 1. The van der Waals surface area contributed by atoms with Crippen molar-refractivity contribution in [3.63, 3.8) is 0 Å². The standard InChI is InChI=1S/C24H28N6O5.C2H4O2/c25-21(32)19-7-4-12-30(19)22(33)18(13-15-5-2-1-3-6-15)29-20(31)14-35-23(34)16-8-10-17(11-9-16)28-24(26)27;1-2(3)4/h1-3,5-6,8-11,18-19H,4,7,12-14H2,(H2,25,32)(H,29,31)(H4,26,27,28);1H3,(H,3,4)/t18-,19-;/m0./s1. The number of hydrogen-bond donors (Lipinski definition) is 5. The van der Waals surface area contributed by atoms with Gasteiger partial charge in [-0.25, -0.2) is 9.79 Å². The molecule has 0 saturated carbocycles. The molecule has 0 unspecified atom stereocenters. The van der Waals surface area contributed by atoms with E-state index < -0.39 is 48.4 Å². The SMILES string of the molecule is CC(=O)O.NC(=O)[C@@H]1CCCN1C(=O)[C@H](Cc1ccccc1)NC(=O)COC(=O)c1ccc(N=C(N)N)cc1. The molecule has 1 heterocycles. The summed E-state index contributed by atoms with van der Waals surface area (Å²) in [5.74, 6) is -3.33. The van der Waals surface area contributed by atoms with Crippen LogP contribution in [0.2, 0.25) is 0 Å². The zero-order valence-electron chi connectivity index (χ0n) is 21.4. The van der Waals surface area contributed by atoms with Gasteiger partial charge in [-0.05, 0) is 42.7 Å². The summed E-state index contributed by atoms with van der Waals surface area (Å²) in [6.45, 7) is 0.866. The maximum absolute atomic E-state index is 13.2. The topological polar surface area (TPSA) is 220 Å². The van der Waals surface area contributed by atoms with Crippen molar-refractivity contribution in [2.45, 2.75) is 38.3 Å². The number of nitrogens with zero attached hydrogens (tertiary/aromatic N) is 2. The van der Waals surface area contributed by atoms with Crippen LogP contribution >= 0.6 is 0 Å². The Hall–Kier alpha value is -4.94. The van der Waals surface area contributed by atoms with E-state index in [2.05, 4.69) is 10.3 Å². The lowest BCUT2D eigenvalue weighted by Crippen LogP contribution is -2.54. The number of benzene rings is 2. The molecule has 2 aromatic carbocycles. The quantitative estimate of drug-likeness (QED) is 0.164. The van der Waals surface area contributed by atoms with Gasteiger partial charge in [0.25, 0.3) is 11.9 Å². The molecule has 1 fully saturated rings. The largest absolute Gasteiger partial charge is 0.481 e. The molecule has 2 aromatic rings. The van der Waals surface area contributed by atoms with Gasteiger partial charge in [0.1, 0.15) is 12.1 Å². The number of rotatable bonds is 9. The van der Waals surface area contributed by atoms with Crippen LogP contribution in [0.5, 0.6) is 0 Å². The summed E-state index contributed by atoms with van der Waals surface area (Å²) in [5, 5.41) is 10.1. The second-order valence-electron chi connectivity index (χ2n) is 8.58. The van der Waals surface area contributed by atoms with E-state index in [9.17, 15) is 19.2 Å². The lowest BCUT2D eigenvalue weighted by Gasteiger charge is -2.28. The Labute approximate surface area is 225 Å². The normalized spacial score (nSPS) is 14.7. The smallest absolute Gasteiger partial charge is 0.338 e. The molecular weight excluding hydrogens is 508 g/mol. The van der Waals surface area contributed by atoms with E-state index in [0.717, 1.165) is 12.5 Å². The summed E-state index contributed by atoms with van der Waals surface area (Å²) in [4.78, 5) is 64.2. The molecular formula is C26H32N6O7. The van der Waals surface area contributed by atoms with Crippen molar-refractivity contribution in [2.75, 3.05) is 13.2 Å². The zero-order valence-corrected chi connectivity index (χ0v) is 21.4. The van der Waals surface area contributed by atoms with Gasteiger partial charge in [-0.1, -0.05) is 30.3 Å². The number of carbonyl (C=O) groups is 5. The van der Waals surface area contributed by atoms with E-state index in [0.29, 0.717) is 25.1 Å². The molecule has 1 aliphatic rings. The second-order valence-corrected chi connectivity index (χ2v) is 8.58. The van der Waals surface area contributed by atoms with Gasteiger partial charge in [0.15, 0.2) is 12.6 Å². The molecule has 0 bridgehead atoms. The van der Waals surface area contributed by atoms with Crippen LogP contribution in [0.4, 0.5) is 5.69 Å². The third kappa shape index (κ3) is 10.1. The van der Waals surface area contributed by atoms with Crippen molar-refractivity contribution >= 4 is 41.3 Å². The Balaban J connectivity index is 0.00000124. The maximum Gasteiger partial charge on any atom is 0.338 e. The summed E-state index contributed by atoms with van der Waals surface area (Å²) >= 11 is 0. The van der Waals surface area contributed by atoms with Crippen LogP contribution in [0, 0.1) is 0 Å². The van der Waals surface area contributed by atoms with Gasteiger partial charge < -0.3 is 37.3 Å². The summed E-state index contributed by atoms with van der Waals surface area (Å²) in [5.41, 5.74) is 17.6. The lowest BCUT2D eigenvalue weighted by atomic mass is 10.0. The fourth-order valence-corrected chi connectivity index (χ4v) is 3.85. The number of aliphatic carboxylic acids is 1. The van der Waals surface area contributed by atoms with Gasteiger partial charge in [-0.3, -0.25) is 19.2 Å². The number of hydrogen-bond acceptors (Lipinski definition) is 7. The van der Waals surface area contributed by atoms with Crippen molar-refractivity contribution in [1.29, 1.82) is 0 Å². The maximum atomic E-state index is 13.2. The van der Waals surface area contributed by atoms with E-state index in [4.69, 9.17) is 31.8 Å². The second kappa shape index (κ2) is 14.7. The van der Waals surface area contributed by atoms with Crippen LogP contribution in [0.15, 0.2) is 59.6 Å². The molecule has 3 amide bonds. The monoisotopic (exact) mass is 540 g/mol.